The molecular weight excluding hydrogens is 100 g/mol. The van der Waals surface area contributed by atoms with E-state index in [2.05, 4.69) is 16.9 Å². The molecule has 0 aromatic heterocycles. The molecule has 0 aromatic carbocycles. The van der Waals surface area contributed by atoms with Gasteiger partial charge in [0.15, 0.2) is 0 Å². The summed E-state index contributed by atoms with van der Waals surface area (Å²) in [6, 6.07) is 0. The van der Waals surface area contributed by atoms with E-state index in [1.165, 1.54) is 0 Å². The van der Waals surface area contributed by atoms with E-state index < -0.39 is 0 Å². The molecule has 2 nitrogen and oxygen atoms in total. The topological polar surface area (TPSA) is 24.7 Å². The van der Waals surface area contributed by atoms with E-state index in [9.17, 15) is 0 Å². The Labute approximate surface area is 50.4 Å². The second kappa shape index (κ2) is 4.50. The Morgan fingerprint density at radius 3 is 2.62 bits per heavy atom. The van der Waals surface area contributed by atoms with Crippen LogP contribution in [0.1, 0.15) is 20.3 Å². The van der Waals surface area contributed by atoms with Crippen molar-refractivity contribution in [2.24, 2.45) is 9.98 Å². The minimum absolute atomic E-state index is 1.01. The van der Waals surface area contributed by atoms with Crippen molar-refractivity contribution in [3.05, 3.63) is 0 Å². The predicted octanol–water partition coefficient (Wildman–Crippen LogP) is 1.52. The van der Waals surface area contributed by atoms with E-state index in [1.807, 2.05) is 6.92 Å². The maximum atomic E-state index is 3.99. The maximum Gasteiger partial charge on any atom is 0.109 e. The Balaban J connectivity index is 3.57. The Kier molecular flexibility index (Phi) is 4.13. The van der Waals surface area contributed by atoms with Crippen LogP contribution in [0.3, 0.4) is 0 Å². The fourth-order valence-corrected chi connectivity index (χ4v) is 0.248. The Bertz CT molecular complexity index is 103. The summed E-state index contributed by atoms with van der Waals surface area (Å²) in [5.41, 5.74) is 1.12. The van der Waals surface area contributed by atoms with Gasteiger partial charge in [-0.05, 0) is 13.3 Å². The molecule has 0 saturated carbocycles. The largest absolute Gasteiger partial charge is 0.277 e. The Morgan fingerprint density at radius 2 is 2.25 bits per heavy atom. The summed E-state index contributed by atoms with van der Waals surface area (Å²) in [4.78, 5) is 7.70. The monoisotopic (exact) mass is 112 g/mol. The zero-order valence-corrected chi connectivity index (χ0v) is 5.68. The van der Waals surface area contributed by atoms with Crippen molar-refractivity contribution in [3.8, 4) is 0 Å². The lowest BCUT2D eigenvalue weighted by Crippen LogP contribution is -1.85. The molecule has 2 heteroatoms. The standard InChI is InChI=1S/C6H12N2/c1-4-6(2)8-5-7-3/h5H,4H2,1-3H3. The lowest BCUT2D eigenvalue weighted by molar-refractivity contribution is 1.26. The van der Waals surface area contributed by atoms with Gasteiger partial charge in [-0.1, -0.05) is 6.92 Å². The van der Waals surface area contributed by atoms with Crippen LogP contribution >= 0.6 is 0 Å². The first kappa shape index (κ1) is 7.34. The average molecular weight is 112 g/mol. The zero-order valence-electron chi connectivity index (χ0n) is 5.68. The number of hydrogen-bond acceptors (Lipinski definition) is 1. The molecule has 8 heavy (non-hydrogen) atoms. The van der Waals surface area contributed by atoms with Crippen LogP contribution in [-0.4, -0.2) is 19.1 Å². The summed E-state index contributed by atoms with van der Waals surface area (Å²) in [6.07, 6.45) is 2.57. The van der Waals surface area contributed by atoms with Gasteiger partial charge in [-0.3, -0.25) is 4.99 Å². The number of rotatable bonds is 2. The third kappa shape index (κ3) is 3.53. The van der Waals surface area contributed by atoms with Crippen molar-refractivity contribution in [2.75, 3.05) is 7.05 Å². The van der Waals surface area contributed by atoms with E-state index >= 15 is 0 Å². The molecule has 46 valence electrons. The van der Waals surface area contributed by atoms with Gasteiger partial charge in [-0.25, -0.2) is 4.99 Å². The van der Waals surface area contributed by atoms with Crippen LogP contribution in [0.15, 0.2) is 9.98 Å². The highest BCUT2D eigenvalue weighted by Crippen LogP contribution is 1.80. The number of nitrogens with zero attached hydrogens (tertiary/aromatic N) is 2. The molecular formula is C6H12N2. The SMILES string of the molecule is CCC(C)=NC=NC. The molecule has 0 bridgehead atoms. The molecule has 0 aliphatic carbocycles. The van der Waals surface area contributed by atoms with Crippen molar-refractivity contribution in [1.29, 1.82) is 0 Å². The van der Waals surface area contributed by atoms with Crippen LogP contribution in [0.25, 0.3) is 0 Å². The van der Waals surface area contributed by atoms with Gasteiger partial charge >= 0.3 is 0 Å². The van der Waals surface area contributed by atoms with Gasteiger partial charge in [-0.15, -0.1) is 0 Å². The molecule has 0 aliphatic heterocycles. The summed E-state index contributed by atoms with van der Waals surface area (Å²) in [7, 11) is 1.71. The maximum absolute atomic E-state index is 3.99. The molecule has 0 unspecified atom stereocenters. The van der Waals surface area contributed by atoms with E-state index in [4.69, 9.17) is 0 Å². The Hall–Kier alpha value is -0.660. The van der Waals surface area contributed by atoms with Gasteiger partial charge in [0.1, 0.15) is 6.34 Å². The molecule has 0 rings (SSSR count). The fraction of sp³-hybridized carbons (Fsp3) is 0.667. The summed E-state index contributed by atoms with van der Waals surface area (Å²) in [5.74, 6) is 0. The highest BCUT2D eigenvalue weighted by Gasteiger charge is 1.78. The summed E-state index contributed by atoms with van der Waals surface area (Å²) in [6.45, 7) is 4.06. The van der Waals surface area contributed by atoms with E-state index in [0.29, 0.717) is 0 Å². The number of hydrogen-bond donors (Lipinski definition) is 0. The van der Waals surface area contributed by atoms with E-state index in [1.54, 1.807) is 13.4 Å². The molecule has 0 atom stereocenters. The summed E-state index contributed by atoms with van der Waals surface area (Å²) in [5, 5.41) is 0. The van der Waals surface area contributed by atoms with Gasteiger partial charge < -0.3 is 0 Å². The third-order valence-corrected chi connectivity index (χ3v) is 0.905. The first-order valence-electron chi connectivity index (χ1n) is 2.75. The van der Waals surface area contributed by atoms with E-state index in [-0.39, 0.29) is 0 Å². The van der Waals surface area contributed by atoms with Crippen molar-refractivity contribution >= 4 is 12.1 Å². The first-order chi connectivity index (χ1) is 3.81. The predicted molar refractivity (Wildman–Crippen MR) is 37.8 cm³/mol. The van der Waals surface area contributed by atoms with Crippen molar-refractivity contribution in [1.82, 2.24) is 0 Å². The van der Waals surface area contributed by atoms with Crippen LogP contribution in [0.5, 0.6) is 0 Å². The van der Waals surface area contributed by atoms with Gasteiger partial charge in [0.25, 0.3) is 0 Å². The molecule has 0 aliphatic rings. The van der Waals surface area contributed by atoms with Crippen molar-refractivity contribution < 1.29 is 0 Å². The smallest absolute Gasteiger partial charge is 0.109 e. The van der Waals surface area contributed by atoms with Gasteiger partial charge in [0.2, 0.25) is 0 Å². The second-order valence-electron chi connectivity index (χ2n) is 1.59. The lowest BCUT2D eigenvalue weighted by atomic mass is 10.3. The molecule has 0 radical (unpaired) electrons. The molecule has 0 fully saturated rings. The fourth-order valence-electron chi connectivity index (χ4n) is 0.248. The molecule has 0 spiro atoms. The highest BCUT2D eigenvalue weighted by molar-refractivity contribution is 5.88. The van der Waals surface area contributed by atoms with Crippen LogP contribution in [0, 0.1) is 0 Å². The summed E-state index contributed by atoms with van der Waals surface area (Å²) >= 11 is 0. The highest BCUT2D eigenvalue weighted by atomic mass is 14.8. The van der Waals surface area contributed by atoms with E-state index in [0.717, 1.165) is 12.1 Å². The number of aliphatic imine (C=N–C) groups is 2. The van der Waals surface area contributed by atoms with Crippen LogP contribution in [-0.2, 0) is 0 Å². The average Bonchev–Trinajstić information content (AvgIpc) is 1.83. The second-order valence-corrected chi connectivity index (χ2v) is 1.59. The summed E-state index contributed by atoms with van der Waals surface area (Å²) < 4.78 is 0. The minimum atomic E-state index is 1.01. The van der Waals surface area contributed by atoms with Gasteiger partial charge in [0.05, 0.1) is 0 Å². The lowest BCUT2D eigenvalue weighted by Gasteiger charge is -1.85. The van der Waals surface area contributed by atoms with Gasteiger partial charge in [-0.2, -0.15) is 0 Å². The van der Waals surface area contributed by atoms with Crippen molar-refractivity contribution in [2.45, 2.75) is 20.3 Å². The first-order valence-corrected chi connectivity index (χ1v) is 2.75. The molecule has 0 heterocycles. The third-order valence-electron chi connectivity index (χ3n) is 0.905. The van der Waals surface area contributed by atoms with Crippen LogP contribution in [0.4, 0.5) is 0 Å². The molecule has 0 aromatic rings. The van der Waals surface area contributed by atoms with Crippen molar-refractivity contribution in [3.63, 3.8) is 0 Å². The molecule has 0 N–H and O–H groups in total. The normalized spacial score (nSPS) is 13.1. The molecule has 0 amide bonds. The van der Waals surface area contributed by atoms with Gasteiger partial charge in [0, 0.05) is 12.8 Å². The minimum Gasteiger partial charge on any atom is -0.277 e. The van der Waals surface area contributed by atoms with Crippen LogP contribution < -0.4 is 0 Å². The zero-order chi connectivity index (χ0) is 6.41. The molecule has 0 saturated heterocycles. The Morgan fingerprint density at radius 1 is 1.62 bits per heavy atom. The van der Waals surface area contributed by atoms with Crippen LogP contribution in [0.2, 0.25) is 0 Å². The quantitative estimate of drug-likeness (QED) is 0.382.